The van der Waals surface area contributed by atoms with E-state index in [1.165, 1.54) is 0 Å². The molecule has 1 aliphatic rings. The predicted molar refractivity (Wildman–Crippen MR) is 65.7 cm³/mol. The van der Waals surface area contributed by atoms with E-state index < -0.39 is 0 Å². The summed E-state index contributed by atoms with van der Waals surface area (Å²) in [5.41, 5.74) is 1.08. The molecule has 1 aromatic rings. The number of hydrogen-bond acceptors (Lipinski definition) is 3. The summed E-state index contributed by atoms with van der Waals surface area (Å²) in [4.78, 5) is 6.25. The van der Waals surface area contributed by atoms with E-state index >= 15 is 0 Å². The molecule has 0 amide bonds. The van der Waals surface area contributed by atoms with Crippen LogP contribution in [0.1, 0.15) is 27.7 Å². The molecule has 1 aliphatic heterocycles. The Morgan fingerprint density at radius 3 is 2.53 bits per heavy atom. The van der Waals surface area contributed by atoms with E-state index in [1.807, 2.05) is 46.9 Å². The first-order valence-electron chi connectivity index (χ1n) is 5.67. The number of hydrogen-bond donors (Lipinski definition) is 0. The Balaban J connectivity index is 0.000000442. The normalized spacial score (nSPS) is 12.2. The summed E-state index contributed by atoms with van der Waals surface area (Å²) in [7, 11) is 2.04. The molecule has 0 saturated heterocycles. The second kappa shape index (κ2) is 8.09. The van der Waals surface area contributed by atoms with E-state index in [0.717, 1.165) is 24.7 Å². The van der Waals surface area contributed by atoms with E-state index in [9.17, 15) is 0 Å². The van der Waals surface area contributed by atoms with Crippen molar-refractivity contribution in [3.63, 3.8) is 0 Å². The highest BCUT2D eigenvalue weighted by Gasteiger charge is 2.13. The minimum Gasteiger partial charge on any atom is -0.474 e. The highest BCUT2D eigenvalue weighted by molar-refractivity contribution is 5.55. The first kappa shape index (κ1) is 13.8. The van der Waals surface area contributed by atoms with Gasteiger partial charge in [-0.05, 0) is 12.1 Å². The smallest absolute Gasteiger partial charge is 0.237 e. The van der Waals surface area contributed by atoms with Crippen LogP contribution >= 0.6 is 0 Å². The van der Waals surface area contributed by atoms with Gasteiger partial charge >= 0.3 is 0 Å². The molecular formula is C12H22N2O. The number of ether oxygens (including phenoxy) is 1. The number of fused-ring (bicyclic) bond motifs is 1. The van der Waals surface area contributed by atoms with Gasteiger partial charge < -0.3 is 9.64 Å². The second-order valence-corrected chi connectivity index (χ2v) is 2.60. The predicted octanol–water partition coefficient (Wildman–Crippen LogP) is 2.96. The number of anilines is 1. The maximum atomic E-state index is 5.34. The van der Waals surface area contributed by atoms with E-state index in [0.29, 0.717) is 0 Å². The number of aromatic nitrogens is 1. The Kier molecular flexibility index (Phi) is 7.42. The molecule has 0 atom stereocenters. The van der Waals surface area contributed by atoms with Crippen molar-refractivity contribution in [3.8, 4) is 5.88 Å². The average molecular weight is 210 g/mol. The van der Waals surface area contributed by atoms with Crippen LogP contribution in [-0.2, 0) is 0 Å². The molecule has 0 aliphatic carbocycles. The van der Waals surface area contributed by atoms with Gasteiger partial charge in [-0.25, -0.2) is 4.98 Å². The van der Waals surface area contributed by atoms with Crippen LogP contribution in [0, 0.1) is 0 Å². The van der Waals surface area contributed by atoms with Crippen LogP contribution in [0.4, 0.5) is 5.69 Å². The van der Waals surface area contributed by atoms with Crippen LogP contribution < -0.4 is 9.64 Å². The zero-order valence-electron chi connectivity index (χ0n) is 10.4. The topological polar surface area (TPSA) is 25.4 Å². The lowest BCUT2D eigenvalue weighted by Gasteiger charge is -2.25. The number of likely N-dealkylation sites (N-methyl/N-ethyl adjacent to an activating group) is 1. The van der Waals surface area contributed by atoms with Gasteiger partial charge in [0.1, 0.15) is 6.61 Å². The molecule has 15 heavy (non-hydrogen) atoms. The highest BCUT2D eigenvalue weighted by atomic mass is 16.5. The van der Waals surface area contributed by atoms with Crippen molar-refractivity contribution in [1.29, 1.82) is 0 Å². The van der Waals surface area contributed by atoms with Crippen molar-refractivity contribution in [1.82, 2.24) is 4.98 Å². The standard InChI is InChI=1S/C8H10N2O.2C2H6/c1-10-5-6-11-8-7(10)3-2-4-9-8;2*1-2/h2-4H,5-6H2,1H3;2*1-2H3. The Labute approximate surface area is 93.1 Å². The lowest BCUT2D eigenvalue weighted by atomic mass is 10.3. The largest absolute Gasteiger partial charge is 0.474 e. The van der Waals surface area contributed by atoms with Crippen molar-refractivity contribution in [3.05, 3.63) is 18.3 Å². The van der Waals surface area contributed by atoms with E-state index in [-0.39, 0.29) is 0 Å². The van der Waals surface area contributed by atoms with E-state index in [2.05, 4.69) is 9.88 Å². The third kappa shape index (κ3) is 3.78. The summed E-state index contributed by atoms with van der Waals surface area (Å²) in [6.07, 6.45) is 1.75. The summed E-state index contributed by atoms with van der Waals surface area (Å²) in [6.45, 7) is 9.68. The number of nitrogens with zero attached hydrogens (tertiary/aromatic N) is 2. The SMILES string of the molecule is CC.CC.CN1CCOc2ncccc21. The van der Waals surface area contributed by atoms with Crippen molar-refractivity contribution < 1.29 is 4.74 Å². The van der Waals surface area contributed by atoms with Crippen molar-refractivity contribution in [2.24, 2.45) is 0 Å². The monoisotopic (exact) mass is 210 g/mol. The van der Waals surface area contributed by atoms with Crippen LogP contribution in [0.5, 0.6) is 5.88 Å². The molecule has 1 aromatic heterocycles. The van der Waals surface area contributed by atoms with Gasteiger partial charge in [-0.15, -0.1) is 0 Å². The summed E-state index contributed by atoms with van der Waals surface area (Å²) < 4.78 is 5.34. The molecule has 0 saturated carbocycles. The molecule has 0 unspecified atom stereocenters. The molecule has 0 radical (unpaired) electrons. The van der Waals surface area contributed by atoms with Gasteiger partial charge in [0, 0.05) is 13.2 Å². The molecule has 0 spiro atoms. The maximum absolute atomic E-state index is 5.34. The molecule has 0 aromatic carbocycles. The van der Waals surface area contributed by atoms with Gasteiger partial charge in [-0.1, -0.05) is 27.7 Å². The fourth-order valence-corrected chi connectivity index (χ4v) is 1.18. The van der Waals surface area contributed by atoms with Crippen LogP contribution in [0.25, 0.3) is 0 Å². The van der Waals surface area contributed by atoms with Gasteiger partial charge in [0.05, 0.1) is 12.2 Å². The minimum atomic E-state index is 0.737. The first-order chi connectivity index (χ1) is 7.38. The minimum absolute atomic E-state index is 0.737. The molecule has 0 fully saturated rings. The molecular weight excluding hydrogens is 188 g/mol. The van der Waals surface area contributed by atoms with Crippen LogP contribution in [-0.4, -0.2) is 25.2 Å². The van der Waals surface area contributed by atoms with Crippen LogP contribution in [0.2, 0.25) is 0 Å². The third-order valence-corrected chi connectivity index (χ3v) is 1.83. The maximum Gasteiger partial charge on any atom is 0.237 e. The van der Waals surface area contributed by atoms with Crippen molar-refractivity contribution in [2.45, 2.75) is 27.7 Å². The van der Waals surface area contributed by atoms with E-state index in [4.69, 9.17) is 4.74 Å². The fourth-order valence-electron chi connectivity index (χ4n) is 1.18. The summed E-state index contributed by atoms with van der Waals surface area (Å²) in [6, 6.07) is 3.94. The molecule has 0 bridgehead atoms. The van der Waals surface area contributed by atoms with Crippen LogP contribution in [0.3, 0.4) is 0 Å². The summed E-state index contributed by atoms with van der Waals surface area (Å²) in [5.74, 6) is 0.751. The average Bonchev–Trinajstić information content (AvgIpc) is 2.35. The molecule has 2 heterocycles. The van der Waals surface area contributed by atoms with Crippen LogP contribution in [0.15, 0.2) is 18.3 Å². The zero-order chi connectivity index (χ0) is 11.7. The Morgan fingerprint density at radius 1 is 1.27 bits per heavy atom. The molecule has 0 N–H and O–H groups in total. The van der Waals surface area contributed by atoms with Gasteiger partial charge in [-0.2, -0.15) is 0 Å². The van der Waals surface area contributed by atoms with Gasteiger partial charge in [0.15, 0.2) is 0 Å². The van der Waals surface area contributed by atoms with E-state index in [1.54, 1.807) is 6.20 Å². The van der Waals surface area contributed by atoms with Gasteiger partial charge in [0.25, 0.3) is 0 Å². The lowest BCUT2D eigenvalue weighted by molar-refractivity contribution is 0.299. The summed E-state index contributed by atoms with van der Waals surface area (Å²) in [5, 5.41) is 0. The van der Waals surface area contributed by atoms with Crippen molar-refractivity contribution in [2.75, 3.05) is 25.1 Å². The Morgan fingerprint density at radius 2 is 1.93 bits per heavy atom. The summed E-state index contributed by atoms with van der Waals surface area (Å²) >= 11 is 0. The van der Waals surface area contributed by atoms with Crippen molar-refractivity contribution >= 4 is 5.69 Å². The number of rotatable bonds is 0. The number of pyridine rings is 1. The zero-order valence-corrected chi connectivity index (χ0v) is 10.4. The Bertz CT molecular complexity index is 264. The quantitative estimate of drug-likeness (QED) is 0.658. The first-order valence-corrected chi connectivity index (χ1v) is 5.67. The molecule has 86 valence electrons. The third-order valence-electron chi connectivity index (χ3n) is 1.83. The fraction of sp³-hybridized carbons (Fsp3) is 0.583. The van der Waals surface area contributed by atoms with Gasteiger partial charge in [0.2, 0.25) is 5.88 Å². The van der Waals surface area contributed by atoms with Gasteiger partial charge in [-0.3, -0.25) is 0 Å². The molecule has 3 heteroatoms. The molecule has 2 rings (SSSR count). The highest BCUT2D eigenvalue weighted by Crippen LogP contribution is 2.26. The second-order valence-electron chi connectivity index (χ2n) is 2.60. The molecule has 3 nitrogen and oxygen atoms in total. The Hall–Kier alpha value is -1.25. The lowest BCUT2D eigenvalue weighted by Crippen LogP contribution is -2.29.